The quantitative estimate of drug-likeness (QED) is 0.422. The average Bonchev–Trinajstić information content (AvgIpc) is 3.68. The molecule has 6 rings (SSSR count). The van der Waals surface area contributed by atoms with E-state index in [-0.39, 0.29) is 55.3 Å². The summed E-state index contributed by atoms with van der Waals surface area (Å²) >= 11 is 0. The highest BCUT2D eigenvalue weighted by molar-refractivity contribution is 5.94. The number of furan rings is 1. The number of aromatic nitrogens is 5. The van der Waals surface area contributed by atoms with E-state index in [1.165, 1.54) is 15.7 Å². The molecule has 1 atom stereocenters. The van der Waals surface area contributed by atoms with Gasteiger partial charge >= 0.3 is 0 Å². The second kappa shape index (κ2) is 9.36. The zero-order chi connectivity index (χ0) is 26.4. The lowest BCUT2D eigenvalue weighted by Gasteiger charge is -2.37. The number of amides is 2. The van der Waals surface area contributed by atoms with E-state index in [1.54, 1.807) is 17.0 Å². The molecule has 38 heavy (non-hydrogen) atoms. The molecule has 0 aliphatic carbocycles. The van der Waals surface area contributed by atoms with Gasteiger partial charge in [0.2, 0.25) is 23.6 Å². The first-order valence-electron chi connectivity index (χ1n) is 12.1. The van der Waals surface area contributed by atoms with Crippen LogP contribution in [0.4, 0.5) is 20.7 Å². The third kappa shape index (κ3) is 4.17. The number of halogens is 2. The lowest BCUT2D eigenvalue weighted by Crippen LogP contribution is -2.55. The van der Waals surface area contributed by atoms with Gasteiger partial charge in [0.15, 0.2) is 5.76 Å². The fourth-order valence-electron chi connectivity index (χ4n) is 4.87. The van der Waals surface area contributed by atoms with Crippen molar-refractivity contribution < 1.29 is 22.8 Å². The number of nitrogens with two attached hydrogens (primary N) is 1. The lowest BCUT2D eigenvalue weighted by molar-refractivity contribution is -0.133. The van der Waals surface area contributed by atoms with Crippen LogP contribution in [0.25, 0.3) is 17.4 Å². The normalized spacial score (nSPS) is 17.9. The molecular weight excluding hydrogens is 500 g/mol. The number of rotatable bonds is 4. The van der Waals surface area contributed by atoms with Crippen LogP contribution in [0.5, 0.6) is 0 Å². The molecule has 2 aliphatic heterocycles. The van der Waals surface area contributed by atoms with Crippen molar-refractivity contribution in [3.63, 3.8) is 0 Å². The Balaban J connectivity index is 1.16. The van der Waals surface area contributed by atoms with Gasteiger partial charge in [-0.3, -0.25) is 9.59 Å². The molecule has 196 valence electrons. The van der Waals surface area contributed by atoms with Gasteiger partial charge in [-0.25, -0.2) is 8.78 Å². The van der Waals surface area contributed by atoms with E-state index >= 15 is 0 Å². The van der Waals surface area contributed by atoms with Crippen molar-refractivity contribution in [2.24, 2.45) is 0 Å². The first-order chi connectivity index (χ1) is 18.4. The van der Waals surface area contributed by atoms with Gasteiger partial charge in [0, 0.05) is 38.8 Å². The Kier molecular flexibility index (Phi) is 5.85. The SMILES string of the molecule is Nc1nc(N2CCC[C@H]2C(=O)N2CCN(C(=O)c3ccc(F)cc3F)CC2)nc2nc(-c3ccco3)nn12. The first-order valence-corrected chi connectivity index (χ1v) is 12.1. The zero-order valence-corrected chi connectivity index (χ0v) is 20.1. The molecule has 4 aromatic rings. The van der Waals surface area contributed by atoms with Gasteiger partial charge in [-0.15, -0.1) is 5.10 Å². The third-order valence-electron chi connectivity index (χ3n) is 6.80. The second-order valence-electron chi connectivity index (χ2n) is 9.10. The molecule has 12 nitrogen and oxygen atoms in total. The van der Waals surface area contributed by atoms with Gasteiger partial charge < -0.3 is 24.9 Å². The van der Waals surface area contributed by atoms with Gasteiger partial charge in [0.05, 0.1) is 11.8 Å². The summed E-state index contributed by atoms with van der Waals surface area (Å²) in [5.74, 6) is -0.923. The van der Waals surface area contributed by atoms with Crippen LogP contribution >= 0.6 is 0 Å². The van der Waals surface area contributed by atoms with Crippen molar-refractivity contribution in [1.29, 1.82) is 0 Å². The molecule has 2 amide bonds. The summed E-state index contributed by atoms with van der Waals surface area (Å²) in [7, 11) is 0. The van der Waals surface area contributed by atoms with Crippen molar-refractivity contribution in [2.75, 3.05) is 43.4 Å². The molecule has 0 bridgehead atoms. The van der Waals surface area contributed by atoms with Gasteiger partial charge in [-0.2, -0.15) is 19.5 Å². The lowest BCUT2D eigenvalue weighted by atomic mass is 10.1. The number of anilines is 2. The van der Waals surface area contributed by atoms with Gasteiger partial charge in [0.25, 0.3) is 11.7 Å². The molecule has 3 aromatic heterocycles. The number of fused-ring (bicyclic) bond motifs is 1. The Hall–Kier alpha value is -4.62. The summed E-state index contributed by atoms with van der Waals surface area (Å²) in [6.45, 7) is 1.61. The molecule has 2 fully saturated rings. The van der Waals surface area contributed by atoms with Crippen LogP contribution in [0, 0.1) is 11.6 Å². The first kappa shape index (κ1) is 23.8. The van der Waals surface area contributed by atoms with Crippen LogP contribution in [-0.2, 0) is 4.79 Å². The Bertz CT molecular complexity index is 1520. The minimum Gasteiger partial charge on any atom is -0.461 e. The summed E-state index contributed by atoms with van der Waals surface area (Å²) < 4.78 is 33.9. The number of nitrogens with zero attached hydrogens (tertiary/aromatic N) is 8. The number of carbonyl (C=O) groups excluding carboxylic acids is 2. The second-order valence-corrected chi connectivity index (χ2v) is 9.10. The van der Waals surface area contributed by atoms with Gasteiger partial charge in [0.1, 0.15) is 17.7 Å². The van der Waals surface area contributed by atoms with E-state index in [2.05, 4.69) is 20.1 Å². The smallest absolute Gasteiger partial charge is 0.259 e. The van der Waals surface area contributed by atoms with Crippen LogP contribution in [0.2, 0.25) is 0 Å². The van der Waals surface area contributed by atoms with Gasteiger partial charge in [-0.05, 0) is 37.1 Å². The Morgan fingerprint density at radius 1 is 1.00 bits per heavy atom. The molecular formula is C24H23F2N9O3. The predicted octanol–water partition coefficient (Wildman–Crippen LogP) is 1.59. The van der Waals surface area contributed by atoms with E-state index < -0.39 is 23.6 Å². The summed E-state index contributed by atoms with van der Waals surface area (Å²) in [5, 5.41) is 4.30. The zero-order valence-electron chi connectivity index (χ0n) is 20.1. The molecule has 0 spiro atoms. The molecule has 2 aliphatic rings. The Morgan fingerprint density at radius 2 is 1.79 bits per heavy atom. The molecule has 1 aromatic carbocycles. The number of hydrogen-bond acceptors (Lipinski definition) is 9. The Morgan fingerprint density at radius 3 is 2.53 bits per heavy atom. The van der Waals surface area contributed by atoms with E-state index in [0.29, 0.717) is 30.6 Å². The number of hydrogen-bond donors (Lipinski definition) is 1. The summed E-state index contributed by atoms with van der Waals surface area (Å²) in [4.78, 5) is 44.4. The fourth-order valence-corrected chi connectivity index (χ4v) is 4.87. The van der Waals surface area contributed by atoms with Crippen molar-refractivity contribution in [3.05, 3.63) is 53.8 Å². The maximum atomic E-state index is 14.1. The van der Waals surface area contributed by atoms with E-state index in [4.69, 9.17) is 10.2 Å². The maximum absolute atomic E-state index is 14.1. The largest absolute Gasteiger partial charge is 0.461 e. The highest BCUT2D eigenvalue weighted by Crippen LogP contribution is 2.26. The van der Waals surface area contributed by atoms with Crippen molar-refractivity contribution in [1.82, 2.24) is 34.4 Å². The summed E-state index contributed by atoms with van der Waals surface area (Å²) in [6, 6.07) is 5.81. The standard InChI is InChI=1S/C24H23F2N9O3/c25-14-5-6-15(16(26)13-14)20(36)32-8-10-33(11-9-32)21(37)17-3-1-7-34(17)23-29-22(27)35-24(30-23)28-19(31-35)18-4-2-12-38-18/h2,4-6,12-13,17H,1,3,7-11H2,(H2,27,28,29,30,31)/t17-/m0/s1. The molecule has 5 heterocycles. The molecule has 2 N–H and O–H groups in total. The molecule has 0 unspecified atom stereocenters. The minimum atomic E-state index is -0.907. The maximum Gasteiger partial charge on any atom is 0.259 e. The predicted molar refractivity (Wildman–Crippen MR) is 130 cm³/mol. The van der Waals surface area contributed by atoms with Crippen LogP contribution in [0.1, 0.15) is 23.2 Å². The summed E-state index contributed by atoms with van der Waals surface area (Å²) in [6.07, 6.45) is 2.88. The van der Waals surface area contributed by atoms with Crippen molar-refractivity contribution in [3.8, 4) is 11.6 Å². The number of piperazine rings is 1. The monoisotopic (exact) mass is 523 g/mol. The highest BCUT2D eigenvalue weighted by atomic mass is 19.1. The fraction of sp³-hybridized carbons (Fsp3) is 0.333. The molecule has 0 radical (unpaired) electrons. The van der Waals surface area contributed by atoms with Crippen LogP contribution in [-0.4, -0.2) is 84.9 Å². The van der Waals surface area contributed by atoms with Crippen LogP contribution < -0.4 is 10.6 Å². The van der Waals surface area contributed by atoms with Crippen LogP contribution in [0.15, 0.2) is 41.0 Å². The average molecular weight is 524 g/mol. The number of carbonyl (C=O) groups is 2. The Labute approximate surface area is 214 Å². The topological polar surface area (TPSA) is 139 Å². The molecule has 2 saturated heterocycles. The number of benzene rings is 1. The van der Waals surface area contributed by atoms with E-state index in [9.17, 15) is 18.4 Å². The van der Waals surface area contributed by atoms with Gasteiger partial charge in [-0.1, -0.05) is 0 Å². The number of nitrogen functional groups attached to an aromatic ring is 1. The van der Waals surface area contributed by atoms with E-state index in [1.807, 2.05) is 4.90 Å². The van der Waals surface area contributed by atoms with Crippen molar-refractivity contribution in [2.45, 2.75) is 18.9 Å². The molecule has 14 heteroatoms. The third-order valence-corrected chi connectivity index (χ3v) is 6.80. The minimum absolute atomic E-state index is 0.0774. The highest BCUT2D eigenvalue weighted by Gasteiger charge is 2.37. The molecule has 0 saturated carbocycles. The summed E-state index contributed by atoms with van der Waals surface area (Å²) in [5.41, 5.74) is 5.95. The van der Waals surface area contributed by atoms with Crippen LogP contribution in [0.3, 0.4) is 0 Å². The van der Waals surface area contributed by atoms with E-state index in [0.717, 1.165) is 18.6 Å². The van der Waals surface area contributed by atoms with Crippen molar-refractivity contribution >= 4 is 29.5 Å².